The third-order valence-corrected chi connectivity index (χ3v) is 3.05. The van der Waals surface area contributed by atoms with Crippen molar-refractivity contribution < 1.29 is 19.4 Å². The zero-order chi connectivity index (χ0) is 14.1. The maximum atomic E-state index is 11.6. The molecule has 4 N–H and O–H groups in total. The second-order valence-electron chi connectivity index (χ2n) is 4.68. The van der Waals surface area contributed by atoms with E-state index in [1.54, 1.807) is 0 Å². The van der Waals surface area contributed by atoms with Crippen LogP contribution in [0, 0.1) is 0 Å². The lowest BCUT2D eigenvalue weighted by atomic mass is 10.1. The minimum absolute atomic E-state index is 0.00410. The quantitative estimate of drug-likeness (QED) is 0.491. The van der Waals surface area contributed by atoms with Gasteiger partial charge in [-0.15, -0.1) is 0 Å². The van der Waals surface area contributed by atoms with Gasteiger partial charge in [0, 0.05) is 19.6 Å². The number of rotatable bonds is 8. The fourth-order valence-electron chi connectivity index (χ4n) is 1.86. The van der Waals surface area contributed by atoms with Gasteiger partial charge in [-0.05, 0) is 19.3 Å². The summed E-state index contributed by atoms with van der Waals surface area (Å²) in [7, 11) is 0. The van der Waals surface area contributed by atoms with E-state index >= 15 is 0 Å². The number of carboxylic acids is 1. The Morgan fingerprint density at radius 1 is 1.32 bits per heavy atom. The summed E-state index contributed by atoms with van der Waals surface area (Å²) in [6.45, 7) is 3.91. The van der Waals surface area contributed by atoms with Crippen molar-refractivity contribution >= 4 is 11.9 Å². The van der Waals surface area contributed by atoms with Crippen LogP contribution >= 0.6 is 0 Å². The number of aliphatic carboxylic acids is 1. The van der Waals surface area contributed by atoms with Gasteiger partial charge in [0.2, 0.25) is 5.91 Å². The predicted octanol–water partition coefficient (Wildman–Crippen LogP) is -0.983. The normalized spacial score (nSPS) is 17.9. The van der Waals surface area contributed by atoms with Crippen molar-refractivity contribution in [2.75, 3.05) is 39.4 Å². The van der Waals surface area contributed by atoms with Crippen LogP contribution in [0.4, 0.5) is 0 Å². The Labute approximate surface area is 113 Å². The van der Waals surface area contributed by atoms with Crippen LogP contribution in [0.5, 0.6) is 0 Å². The van der Waals surface area contributed by atoms with Gasteiger partial charge in [0.1, 0.15) is 6.04 Å². The Morgan fingerprint density at radius 2 is 2.00 bits per heavy atom. The molecule has 0 aromatic rings. The van der Waals surface area contributed by atoms with Gasteiger partial charge in [-0.2, -0.15) is 0 Å². The third-order valence-electron chi connectivity index (χ3n) is 3.05. The summed E-state index contributed by atoms with van der Waals surface area (Å²) in [4.78, 5) is 24.1. The van der Waals surface area contributed by atoms with Gasteiger partial charge in [0.15, 0.2) is 0 Å². The van der Waals surface area contributed by atoms with E-state index in [-0.39, 0.29) is 5.91 Å². The van der Waals surface area contributed by atoms with Gasteiger partial charge in [-0.1, -0.05) is 0 Å². The maximum Gasteiger partial charge on any atom is 0.320 e. The summed E-state index contributed by atoms with van der Waals surface area (Å²) in [5.74, 6) is -0.971. The second-order valence-corrected chi connectivity index (χ2v) is 4.68. The SMILES string of the molecule is N[C@H](CCCCNC(=O)CN1CCOCC1)C(=O)O. The number of nitrogens with zero attached hydrogens (tertiary/aromatic N) is 1. The molecule has 7 nitrogen and oxygen atoms in total. The number of hydrogen-bond donors (Lipinski definition) is 3. The van der Waals surface area contributed by atoms with Crippen LogP contribution in [0.15, 0.2) is 0 Å². The molecular formula is C12H23N3O4. The highest BCUT2D eigenvalue weighted by molar-refractivity contribution is 5.78. The van der Waals surface area contributed by atoms with E-state index in [0.29, 0.717) is 39.1 Å². The summed E-state index contributed by atoms with van der Waals surface area (Å²) in [5.41, 5.74) is 5.38. The highest BCUT2D eigenvalue weighted by atomic mass is 16.5. The number of nitrogens with two attached hydrogens (primary N) is 1. The molecule has 1 aliphatic heterocycles. The molecule has 1 rings (SSSR count). The minimum Gasteiger partial charge on any atom is -0.480 e. The Morgan fingerprint density at radius 3 is 2.63 bits per heavy atom. The number of amides is 1. The fraction of sp³-hybridized carbons (Fsp3) is 0.833. The number of ether oxygens (including phenoxy) is 1. The number of hydrogen-bond acceptors (Lipinski definition) is 5. The molecule has 0 aromatic carbocycles. The van der Waals surface area contributed by atoms with Gasteiger partial charge in [-0.25, -0.2) is 0 Å². The van der Waals surface area contributed by atoms with E-state index in [9.17, 15) is 9.59 Å². The first-order valence-electron chi connectivity index (χ1n) is 6.65. The average molecular weight is 273 g/mol. The van der Waals surface area contributed by atoms with Crippen LogP contribution in [-0.2, 0) is 14.3 Å². The molecular weight excluding hydrogens is 250 g/mol. The van der Waals surface area contributed by atoms with Crippen LogP contribution in [-0.4, -0.2) is 67.3 Å². The number of morpholine rings is 1. The van der Waals surface area contributed by atoms with Crippen molar-refractivity contribution in [2.45, 2.75) is 25.3 Å². The summed E-state index contributed by atoms with van der Waals surface area (Å²) < 4.78 is 5.20. The number of nitrogens with one attached hydrogen (secondary N) is 1. The second kappa shape index (κ2) is 8.84. The molecule has 0 aromatic heterocycles. The van der Waals surface area contributed by atoms with Crippen molar-refractivity contribution in [3.05, 3.63) is 0 Å². The molecule has 0 bridgehead atoms. The van der Waals surface area contributed by atoms with E-state index in [1.807, 2.05) is 0 Å². The highest BCUT2D eigenvalue weighted by Crippen LogP contribution is 1.99. The molecule has 1 saturated heterocycles. The molecule has 1 aliphatic rings. The summed E-state index contributed by atoms with van der Waals surface area (Å²) >= 11 is 0. The minimum atomic E-state index is -0.976. The topological polar surface area (TPSA) is 105 Å². The lowest BCUT2D eigenvalue weighted by molar-refractivity contribution is -0.138. The van der Waals surface area contributed by atoms with Crippen LogP contribution in [0.25, 0.3) is 0 Å². The first-order valence-corrected chi connectivity index (χ1v) is 6.65. The molecule has 1 fully saturated rings. The summed E-state index contributed by atoms with van der Waals surface area (Å²) in [6.07, 6.45) is 1.88. The number of carbonyl (C=O) groups is 2. The molecule has 0 saturated carbocycles. The van der Waals surface area contributed by atoms with Crippen molar-refractivity contribution in [1.82, 2.24) is 10.2 Å². The molecule has 7 heteroatoms. The molecule has 1 atom stereocenters. The summed E-state index contributed by atoms with van der Waals surface area (Å²) in [5, 5.41) is 11.4. The molecule has 0 unspecified atom stereocenters. The van der Waals surface area contributed by atoms with Crippen LogP contribution in [0.2, 0.25) is 0 Å². The largest absolute Gasteiger partial charge is 0.480 e. The zero-order valence-corrected chi connectivity index (χ0v) is 11.1. The first-order chi connectivity index (χ1) is 9.09. The number of carbonyl (C=O) groups excluding carboxylic acids is 1. The van der Waals surface area contributed by atoms with Gasteiger partial charge in [-0.3, -0.25) is 14.5 Å². The molecule has 110 valence electrons. The van der Waals surface area contributed by atoms with Crippen molar-refractivity contribution in [1.29, 1.82) is 0 Å². The van der Waals surface area contributed by atoms with E-state index in [4.69, 9.17) is 15.6 Å². The fourth-order valence-corrected chi connectivity index (χ4v) is 1.86. The molecule has 0 spiro atoms. The first kappa shape index (κ1) is 15.9. The van der Waals surface area contributed by atoms with Crippen molar-refractivity contribution in [3.63, 3.8) is 0 Å². The van der Waals surface area contributed by atoms with Crippen LogP contribution in [0.3, 0.4) is 0 Å². The molecule has 1 amide bonds. The highest BCUT2D eigenvalue weighted by Gasteiger charge is 2.14. The number of carboxylic acid groups (broad SMARTS) is 1. The van der Waals surface area contributed by atoms with E-state index < -0.39 is 12.0 Å². The average Bonchev–Trinajstić information content (AvgIpc) is 2.39. The van der Waals surface area contributed by atoms with E-state index in [1.165, 1.54) is 0 Å². The van der Waals surface area contributed by atoms with Crippen molar-refractivity contribution in [3.8, 4) is 0 Å². The molecule has 19 heavy (non-hydrogen) atoms. The van der Waals surface area contributed by atoms with E-state index in [2.05, 4.69) is 10.2 Å². The Hall–Kier alpha value is -1.18. The standard InChI is InChI=1S/C12H23N3O4/c13-10(12(17)18)3-1-2-4-14-11(16)9-15-5-7-19-8-6-15/h10H,1-9,13H2,(H,14,16)(H,17,18)/t10-/m1/s1. The Kier molecular flexibility index (Phi) is 7.39. The van der Waals surface area contributed by atoms with Gasteiger partial charge in [0.25, 0.3) is 0 Å². The molecule has 1 heterocycles. The smallest absolute Gasteiger partial charge is 0.320 e. The van der Waals surface area contributed by atoms with Gasteiger partial charge in [0.05, 0.1) is 19.8 Å². The lowest BCUT2D eigenvalue weighted by Gasteiger charge is -2.25. The maximum absolute atomic E-state index is 11.6. The Balaban J connectivity index is 1.99. The number of unbranched alkanes of at least 4 members (excludes halogenated alkanes) is 1. The van der Waals surface area contributed by atoms with Crippen LogP contribution in [0.1, 0.15) is 19.3 Å². The lowest BCUT2D eigenvalue weighted by Crippen LogP contribution is -2.43. The molecule has 0 aliphatic carbocycles. The zero-order valence-electron chi connectivity index (χ0n) is 11.1. The van der Waals surface area contributed by atoms with Gasteiger partial charge < -0.3 is 20.9 Å². The monoisotopic (exact) mass is 273 g/mol. The van der Waals surface area contributed by atoms with Crippen molar-refractivity contribution in [2.24, 2.45) is 5.73 Å². The predicted molar refractivity (Wildman–Crippen MR) is 69.7 cm³/mol. The molecule has 0 radical (unpaired) electrons. The third kappa shape index (κ3) is 7.09. The van der Waals surface area contributed by atoms with E-state index in [0.717, 1.165) is 19.5 Å². The van der Waals surface area contributed by atoms with Crippen LogP contribution < -0.4 is 11.1 Å². The Bertz CT molecular complexity index is 293. The summed E-state index contributed by atoms with van der Waals surface area (Å²) in [6, 6.07) is -0.802. The van der Waals surface area contributed by atoms with Gasteiger partial charge >= 0.3 is 5.97 Å².